The lowest BCUT2D eigenvalue weighted by Gasteiger charge is -2.16. The van der Waals surface area contributed by atoms with Crippen LogP contribution in [0.5, 0.6) is 0 Å². The molecule has 1 aromatic rings. The number of aryl methyl sites for hydroxylation is 1. The molecule has 3 N–H and O–H groups in total. The van der Waals surface area contributed by atoms with E-state index in [9.17, 15) is 9.18 Å². The number of carboxylic acids is 1. The van der Waals surface area contributed by atoms with Crippen LogP contribution in [-0.4, -0.2) is 17.6 Å². The molecular weight excluding hydrogens is 245 g/mol. The van der Waals surface area contributed by atoms with Gasteiger partial charge in [-0.25, -0.2) is 4.39 Å². The summed E-state index contributed by atoms with van der Waals surface area (Å²) in [5, 5.41) is 8.93. The van der Waals surface area contributed by atoms with E-state index in [-0.39, 0.29) is 18.3 Å². The van der Waals surface area contributed by atoms with Crippen molar-refractivity contribution in [3.8, 4) is 0 Å². The third kappa shape index (κ3) is 5.39. The van der Waals surface area contributed by atoms with Gasteiger partial charge in [-0.05, 0) is 36.8 Å². The number of aliphatic carboxylic acids is 1. The number of carbonyl (C=O) groups is 1. The fourth-order valence-corrected chi connectivity index (χ4v) is 2.24. The van der Waals surface area contributed by atoms with Crippen molar-refractivity contribution in [3.05, 3.63) is 35.6 Å². The van der Waals surface area contributed by atoms with Crippen LogP contribution in [0.15, 0.2) is 24.3 Å². The fraction of sp³-hybridized carbons (Fsp3) is 0.533. The van der Waals surface area contributed by atoms with Crippen LogP contribution in [0.2, 0.25) is 0 Å². The largest absolute Gasteiger partial charge is 0.481 e. The first kappa shape index (κ1) is 15.6. The van der Waals surface area contributed by atoms with Crippen LogP contribution >= 0.6 is 0 Å². The normalized spacial score (nSPS) is 14.1. The molecule has 106 valence electrons. The second-order valence-corrected chi connectivity index (χ2v) is 5.10. The zero-order valence-electron chi connectivity index (χ0n) is 11.3. The van der Waals surface area contributed by atoms with Gasteiger partial charge in [-0.3, -0.25) is 4.79 Å². The summed E-state index contributed by atoms with van der Waals surface area (Å²) in [5.41, 5.74) is 6.16. The summed E-state index contributed by atoms with van der Waals surface area (Å²) < 4.78 is 13.4. The van der Waals surface area contributed by atoms with E-state index in [1.165, 1.54) is 6.07 Å². The standard InChI is InChI=1S/C15H22FNO2/c1-11(9-13(10-17)15(18)19)5-4-7-12-6-2-3-8-14(12)16/h2-3,6,8,11,13H,4-5,7,9-10,17H2,1H3,(H,18,19)/t11-,13-/m1/s1. The molecule has 3 nitrogen and oxygen atoms in total. The van der Waals surface area contributed by atoms with Gasteiger partial charge in [-0.1, -0.05) is 31.5 Å². The lowest BCUT2D eigenvalue weighted by atomic mass is 9.91. The first-order chi connectivity index (χ1) is 9.04. The molecule has 4 heteroatoms. The van der Waals surface area contributed by atoms with Gasteiger partial charge in [0.15, 0.2) is 0 Å². The zero-order chi connectivity index (χ0) is 14.3. The number of halogens is 1. The van der Waals surface area contributed by atoms with Gasteiger partial charge in [-0.15, -0.1) is 0 Å². The molecule has 0 amide bonds. The highest BCUT2D eigenvalue weighted by Crippen LogP contribution is 2.19. The maximum Gasteiger partial charge on any atom is 0.307 e. The average Bonchev–Trinajstić information content (AvgIpc) is 2.38. The van der Waals surface area contributed by atoms with Gasteiger partial charge >= 0.3 is 5.97 Å². The molecule has 0 bridgehead atoms. The molecule has 0 aliphatic heterocycles. The number of carboxylic acid groups (broad SMARTS) is 1. The van der Waals surface area contributed by atoms with Crippen LogP contribution in [-0.2, 0) is 11.2 Å². The van der Waals surface area contributed by atoms with E-state index >= 15 is 0 Å². The lowest BCUT2D eigenvalue weighted by molar-refractivity contribution is -0.141. The number of hydrogen-bond acceptors (Lipinski definition) is 2. The van der Waals surface area contributed by atoms with Crippen LogP contribution in [0.1, 0.15) is 31.7 Å². The Balaban J connectivity index is 2.33. The van der Waals surface area contributed by atoms with Gasteiger partial charge in [-0.2, -0.15) is 0 Å². The van der Waals surface area contributed by atoms with Crippen molar-refractivity contribution in [2.24, 2.45) is 17.6 Å². The monoisotopic (exact) mass is 267 g/mol. The molecule has 0 spiro atoms. The molecule has 0 aliphatic rings. The van der Waals surface area contributed by atoms with Crippen molar-refractivity contribution in [1.82, 2.24) is 0 Å². The highest BCUT2D eigenvalue weighted by atomic mass is 19.1. The Kier molecular flexibility index (Phi) is 6.50. The van der Waals surface area contributed by atoms with Gasteiger partial charge in [0, 0.05) is 6.54 Å². The summed E-state index contributed by atoms with van der Waals surface area (Å²) >= 11 is 0. The van der Waals surface area contributed by atoms with Crippen molar-refractivity contribution in [1.29, 1.82) is 0 Å². The molecule has 0 saturated heterocycles. The Morgan fingerprint density at radius 2 is 2.11 bits per heavy atom. The van der Waals surface area contributed by atoms with Crippen LogP contribution in [0.3, 0.4) is 0 Å². The van der Waals surface area contributed by atoms with Crippen LogP contribution in [0.25, 0.3) is 0 Å². The van der Waals surface area contributed by atoms with E-state index in [2.05, 4.69) is 0 Å². The molecule has 0 unspecified atom stereocenters. The predicted molar refractivity (Wildman–Crippen MR) is 73.3 cm³/mol. The molecule has 1 aromatic carbocycles. The van der Waals surface area contributed by atoms with E-state index in [4.69, 9.17) is 10.8 Å². The SMILES string of the molecule is C[C@H](CCCc1ccccc1F)C[C@H](CN)C(=O)O. The van der Waals surface area contributed by atoms with E-state index in [0.29, 0.717) is 12.8 Å². The van der Waals surface area contributed by atoms with Crippen molar-refractivity contribution in [3.63, 3.8) is 0 Å². The smallest absolute Gasteiger partial charge is 0.307 e. The quantitative estimate of drug-likeness (QED) is 0.761. The molecule has 19 heavy (non-hydrogen) atoms. The van der Waals surface area contributed by atoms with E-state index in [0.717, 1.165) is 18.4 Å². The van der Waals surface area contributed by atoms with Crippen LogP contribution < -0.4 is 5.73 Å². The van der Waals surface area contributed by atoms with Crippen molar-refractivity contribution in [2.75, 3.05) is 6.54 Å². The fourth-order valence-electron chi connectivity index (χ4n) is 2.24. The molecule has 2 atom stereocenters. The van der Waals surface area contributed by atoms with E-state index in [1.54, 1.807) is 12.1 Å². The molecule has 0 heterocycles. The number of rotatable bonds is 8. The summed E-state index contributed by atoms with van der Waals surface area (Å²) in [4.78, 5) is 10.9. The Hall–Kier alpha value is -1.42. The maximum atomic E-state index is 13.4. The third-order valence-electron chi connectivity index (χ3n) is 3.42. The Labute approximate surface area is 113 Å². The van der Waals surface area contributed by atoms with E-state index in [1.807, 2.05) is 13.0 Å². The van der Waals surface area contributed by atoms with Crippen LogP contribution in [0.4, 0.5) is 4.39 Å². The second kappa shape index (κ2) is 7.89. The number of hydrogen-bond donors (Lipinski definition) is 2. The van der Waals surface area contributed by atoms with Gasteiger partial charge in [0.05, 0.1) is 5.92 Å². The second-order valence-electron chi connectivity index (χ2n) is 5.10. The van der Waals surface area contributed by atoms with Gasteiger partial charge in [0.2, 0.25) is 0 Å². The molecule has 0 saturated carbocycles. The summed E-state index contributed by atoms with van der Waals surface area (Å²) in [6, 6.07) is 6.77. The minimum Gasteiger partial charge on any atom is -0.481 e. The molecule has 0 aliphatic carbocycles. The van der Waals surface area contributed by atoms with Crippen LogP contribution in [0, 0.1) is 17.7 Å². The van der Waals surface area contributed by atoms with E-state index < -0.39 is 11.9 Å². The first-order valence-corrected chi connectivity index (χ1v) is 6.70. The number of benzene rings is 1. The zero-order valence-corrected chi connectivity index (χ0v) is 11.3. The Morgan fingerprint density at radius 3 is 2.68 bits per heavy atom. The topological polar surface area (TPSA) is 63.3 Å². The molecule has 0 fully saturated rings. The molecule has 1 rings (SSSR count). The summed E-state index contributed by atoms with van der Waals surface area (Å²) in [6.45, 7) is 2.19. The molecule has 0 radical (unpaired) electrons. The first-order valence-electron chi connectivity index (χ1n) is 6.70. The molecular formula is C15H22FNO2. The minimum absolute atomic E-state index is 0.166. The van der Waals surface area contributed by atoms with Gasteiger partial charge in [0.1, 0.15) is 5.82 Å². The summed E-state index contributed by atoms with van der Waals surface area (Å²) in [5.74, 6) is -1.18. The van der Waals surface area contributed by atoms with Crippen molar-refractivity contribution >= 4 is 5.97 Å². The Morgan fingerprint density at radius 1 is 1.42 bits per heavy atom. The average molecular weight is 267 g/mol. The molecule has 0 aromatic heterocycles. The van der Waals surface area contributed by atoms with Crippen molar-refractivity contribution < 1.29 is 14.3 Å². The maximum absolute atomic E-state index is 13.4. The Bertz CT molecular complexity index is 409. The summed E-state index contributed by atoms with van der Waals surface area (Å²) in [6.07, 6.45) is 3.03. The third-order valence-corrected chi connectivity index (χ3v) is 3.42. The predicted octanol–water partition coefficient (Wildman–Crippen LogP) is 2.83. The highest BCUT2D eigenvalue weighted by Gasteiger charge is 2.18. The minimum atomic E-state index is -0.830. The van der Waals surface area contributed by atoms with Crippen molar-refractivity contribution in [2.45, 2.75) is 32.6 Å². The highest BCUT2D eigenvalue weighted by molar-refractivity contribution is 5.70. The van der Waals surface area contributed by atoms with Gasteiger partial charge < -0.3 is 10.8 Å². The van der Waals surface area contributed by atoms with Gasteiger partial charge in [0.25, 0.3) is 0 Å². The summed E-state index contributed by atoms with van der Waals surface area (Å²) in [7, 11) is 0. The lowest BCUT2D eigenvalue weighted by Crippen LogP contribution is -2.25. The number of nitrogens with two attached hydrogens (primary N) is 1.